The van der Waals surface area contributed by atoms with Crippen LogP contribution in [0.3, 0.4) is 0 Å². The van der Waals surface area contributed by atoms with Gasteiger partial charge in [0.25, 0.3) is 0 Å². The van der Waals surface area contributed by atoms with Crippen LogP contribution in [-0.2, 0) is 23.9 Å². The zero-order valence-corrected chi connectivity index (χ0v) is 34.9. The number of unbranched alkanes of at least 4 members (excludes halogenated alkanes) is 4. The summed E-state index contributed by atoms with van der Waals surface area (Å²) < 4.78 is 23.9. The van der Waals surface area contributed by atoms with Crippen molar-refractivity contribution in [1.82, 2.24) is 20.1 Å². The van der Waals surface area contributed by atoms with E-state index in [9.17, 15) is 24.3 Å². The fourth-order valence-corrected chi connectivity index (χ4v) is 9.06. The number of carbonyl (C=O) groups is 4. The number of carboxylic acid groups (broad SMARTS) is 1. The molecule has 3 heterocycles. The Bertz CT molecular complexity index is 1950. The molecule has 3 amide bonds. The Hall–Kier alpha value is -4.40. The first-order valence-electron chi connectivity index (χ1n) is 21.3. The first-order valence-corrected chi connectivity index (χ1v) is 21.7. The number of amides is 3. The number of alkyl carbamates (subject to hydrolysis) is 1. The van der Waals surface area contributed by atoms with Crippen LogP contribution in [0.5, 0.6) is 11.5 Å². The van der Waals surface area contributed by atoms with E-state index in [4.69, 9.17) is 41.3 Å². The van der Waals surface area contributed by atoms with E-state index in [0.29, 0.717) is 78.1 Å². The van der Waals surface area contributed by atoms with Gasteiger partial charge >= 0.3 is 12.1 Å². The largest absolute Gasteiger partial charge is 0.491 e. The highest BCUT2D eigenvalue weighted by molar-refractivity contribution is 6.36. The first kappa shape index (κ1) is 42.7. The van der Waals surface area contributed by atoms with Crippen LogP contribution in [-0.4, -0.2) is 114 Å². The molecule has 15 heteroatoms. The van der Waals surface area contributed by atoms with Crippen LogP contribution in [0.1, 0.15) is 90.2 Å². The van der Waals surface area contributed by atoms with Crippen LogP contribution in [0.15, 0.2) is 35.4 Å². The molecule has 2 saturated heterocycles. The van der Waals surface area contributed by atoms with Crippen LogP contribution in [0.2, 0.25) is 5.02 Å². The second-order valence-electron chi connectivity index (χ2n) is 17.0. The normalized spacial score (nSPS) is 25.1. The number of ether oxygens (including phenoxy) is 4. The molecule has 320 valence electrons. The van der Waals surface area contributed by atoms with Gasteiger partial charge in [-0.15, -0.1) is 0 Å². The lowest BCUT2D eigenvalue weighted by Crippen LogP contribution is -2.53. The van der Waals surface area contributed by atoms with Gasteiger partial charge in [0.1, 0.15) is 47.4 Å². The summed E-state index contributed by atoms with van der Waals surface area (Å²) in [5.41, 5.74) is 9.40. The molecule has 1 aromatic heterocycles. The molecule has 7 atom stereocenters. The summed E-state index contributed by atoms with van der Waals surface area (Å²) in [6, 6.07) is 3.62. The van der Waals surface area contributed by atoms with Crippen molar-refractivity contribution in [2.45, 2.75) is 109 Å². The molecule has 1 unspecified atom stereocenters. The average molecular weight is 836 g/mol. The van der Waals surface area contributed by atoms with Gasteiger partial charge in [-0.05, 0) is 63.7 Å². The number of nitrogens with two attached hydrogens (primary N) is 1. The number of allylic oxidation sites excluding steroid dienone is 2. The molecular formula is C44H58ClN5O9. The number of likely N-dealkylation sites (tertiary alicyclic amines) is 1. The average Bonchev–Trinajstić information content (AvgIpc) is 4.06. The maximum Gasteiger partial charge on any atom is 0.408 e. The van der Waals surface area contributed by atoms with Crippen molar-refractivity contribution < 1.29 is 43.2 Å². The Morgan fingerprint density at radius 2 is 1.83 bits per heavy atom. The first-order chi connectivity index (χ1) is 28.4. The molecule has 2 aliphatic heterocycles. The Balaban J connectivity index is 1.02. The third-order valence-corrected chi connectivity index (χ3v) is 12.5. The number of pyridine rings is 1. The Morgan fingerprint density at radius 3 is 2.54 bits per heavy atom. The van der Waals surface area contributed by atoms with E-state index in [-0.39, 0.29) is 30.9 Å². The van der Waals surface area contributed by atoms with Gasteiger partial charge in [-0.1, -0.05) is 60.9 Å². The Kier molecular flexibility index (Phi) is 14.0. The number of carbonyl (C=O) groups excluding carboxylic acids is 3. The van der Waals surface area contributed by atoms with Crippen molar-refractivity contribution in [2.24, 2.45) is 23.5 Å². The predicted molar refractivity (Wildman–Crippen MR) is 222 cm³/mol. The Labute approximate surface area is 350 Å². The van der Waals surface area contributed by atoms with Gasteiger partial charge in [-0.3, -0.25) is 19.3 Å². The van der Waals surface area contributed by atoms with Gasteiger partial charge in [0.05, 0.1) is 36.9 Å². The number of hydrogen-bond acceptors (Lipinski definition) is 10. The summed E-state index contributed by atoms with van der Waals surface area (Å²) in [6.07, 6.45) is 10.7. The van der Waals surface area contributed by atoms with Gasteiger partial charge < -0.3 is 40.0 Å². The molecule has 2 aromatic rings. The summed E-state index contributed by atoms with van der Waals surface area (Å²) in [5, 5.41) is 13.0. The second kappa shape index (κ2) is 19.3. The maximum atomic E-state index is 14.4. The second-order valence-corrected chi connectivity index (χ2v) is 17.4. The summed E-state index contributed by atoms with van der Waals surface area (Å²) in [4.78, 5) is 60.2. The van der Waals surface area contributed by atoms with Crippen molar-refractivity contribution in [1.29, 1.82) is 0 Å². The maximum absolute atomic E-state index is 14.4. The molecule has 0 spiro atoms. The van der Waals surface area contributed by atoms with Crippen molar-refractivity contribution in [3.8, 4) is 11.5 Å². The van der Waals surface area contributed by atoms with E-state index < -0.39 is 42.1 Å². The van der Waals surface area contributed by atoms with Crippen molar-refractivity contribution in [3.63, 3.8) is 0 Å². The van der Waals surface area contributed by atoms with Crippen LogP contribution in [0.4, 0.5) is 4.79 Å². The molecule has 7 rings (SSSR count). The fourth-order valence-electron chi connectivity index (χ4n) is 8.80. The minimum Gasteiger partial charge on any atom is -0.491 e. The lowest BCUT2D eigenvalue weighted by atomic mass is 10.0. The quantitative estimate of drug-likeness (QED) is 0.103. The number of benzene rings is 1. The number of aromatic nitrogens is 1. The van der Waals surface area contributed by atoms with Crippen LogP contribution in [0, 0.1) is 17.8 Å². The third-order valence-electron chi connectivity index (χ3n) is 12.2. The summed E-state index contributed by atoms with van der Waals surface area (Å²) in [5.74, 6) is -0.237. The van der Waals surface area contributed by atoms with E-state index in [2.05, 4.69) is 16.3 Å². The van der Waals surface area contributed by atoms with Crippen molar-refractivity contribution in [2.75, 3.05) is 46.0 Å². The molecule has 0 bridgehead atoms. The number of aliphatic carboxylic acids is 1. The van der Waals surface area contributed by atoms with Gasteiger partial charge in [-0.25, -0.2) is 9.78 Å². The van der Waals surface area contributed by atoms with E-state index in [1.165, 1.54) is 10.5 Å². The lowest BCUT2D eigenvalue weighted by Gasteiger charge is -2.28. The highest BCUT2D eigenvalue weighted by atomic mass is 35.5. The Morgan fingerprint density at radius 1 is 1.05 bits per heavy atom. The monoisotopic (exact) mass is 835 g/mol. The molecule has 59 heavy (non-hydrogen) atoms. The molecule has 1 aromatic carbocycles. The summed E-state index contributed by atoms with van der Waals surface area (Å²) in [6.45, 7) is 8.33. The van der Waals surface area contributed by atoms with Gasteiger partial charge in [-0.2, -0.15) is 0 Å². The minimum absolute atomic E-state index is 0.0783. The number of primary amides is 1. The van der Waals surface area contributed by atoms with Gasteiger partial charge in [0, 0.05) is 49.8 Å². The smallest absolute Gasteiger partial charge is 0.408 e. The third kappa shape index (κ3) is 11.3. The lowest BCUT2D eigenvalue weighted by molar-refractivity contribution is -0.139. The number of nitrogens with zero attached hydrogens (tertiary/aromatic N) is 3. The van der Waals surface area contributed by atoms with E-state index in [0.717, 1.165) is 70.2 Å². The number of morpholine rings is 1. The van der Waals surface area contributed by atoms with Crippen LogP contribution >= 0.6 is 11.6 Å². The van der Waals surface area contributed by atoms with Gasteiger partial charge in [0.15, 0.2) is 0 Å². The van der Waals surface area contributed by atoms with Gasteiger partial charge in [0.2, 0.25) is 11.8 Å². The van der Waals surface area contributed by atoms with Crippen LogP contribution in [0.25, 0.3) is 17.0 Å². The van der Waals surface area contributed by atoms with E-state index in [1.54, 1.807) is 6.07 Å². The summed E-state index contributed by atoms with van der Waals surface area (Å²) >= 11 is 6.96. The number of carboxylic acids is 1. The number of hydrogen-bond donors (Lipinski definition) is 3. The zero-order chi connectivity index (χ0) is 41.6. The summed E-state index contributed by atoms with van der Waals surface area (Å²) in [7, 11) is 0. The molecule has 0 radical (unpaired) electrons. The SMILES string of the molecule is CC(C)=Cc1cc(OC2C[C@@H](C(N)=O)N(C(=O)[C@H](CCCCCCC[C@@H]3C[C@@H]3C(=O)O)NC(=O)O[C@@H]3CC4=C[C@@H]4C3)C2)c2ccc(OCCN3CCOCC3)c(Cl)c2n1. The molecule has 5 aliphatic rings. The van der Waals surface area contributed by atoms with Crippen LogP contribution < -0.4 is 20.5 Å². The van der Waals surface area contributed by atoms with Crippen molar-refractivity contribution in [3.05, 3.63) is 46.1 Å². The molecule has 2 saturated carbocycles. The van der Waals surface area contributed by atoms with E-state index in [1.807, 2.05) is 32.1 Å². The van der Waals surface area contributed by atoms with E-state index >= 15 is 0 Å². The zero-order valence-electron chi connectivity index (χ0n) is 34.2. The number of halogens is 1. The topological polar surface area (TPSA) is 183 Å². The van der Waals surface area contributed by atoms with Crippen molar-refractivity contribution >= 4 is 52.5 Å². The predicted octanol–water partition coefficient (Wildman–Crippen LogP) is 6.12. The number of fused-ring (bicyclic) bond motifs is 2. The molecule has 3 aliphatic carbocycles. The molecular weight excluding hydrogens is 778 g/mol. The fraction of sp³-hybridized carbons (Fsp3) is 0.614. The standard InChI is InChI=1S/C44H58ClN5O9/c1-26(2)18-30-23-38(33-10-11-37(39(45)40(33)47-30)57-17-14-49-12-15-56-16-13-49)58-32-24-36(41(46)51)50(25-32)42(52)35(48-44(55)59-31-20-28-19-29(28)21-31)9-7-5-3-4-6-8-27-22-34(27)43(53)54/h10-11,18-19,23,27-28,31-32,34-36H,3-9,12-17,20-22,24-25H2,1-2H3,(H2,46,51)(H,48,55)(H,53,54)/t27-,28-,31+,32?,34+,35+,36+/m1/s1. The minimum atomic E-state index is -0.945. The molecule has 4 N–H and O–H groups in total. The molecule has 14 nitrogen and oxygen atoms in total. The highest BCUT2D eigenvalue weighted by Gasteiger charge is 2.44. The highest BCUT2D eigenvalue weighted by Crippen LogP contribution is 2.45. The number of rotatable bonds is 20. The number of nitrogens with one attached hydrogen (secondary N) is 1. The molecule has 4 fully saturated rings.